The van der Waals surface area contributed by atoms with Crippen molar-refractivity contribution in [3.63, 3.8) is 0 Å². The largest absolute Gasteiger partial charge is 1.00 e. The number of hydrogen-bond donors (Lipinski definition) is 8. The fourth-order valence-electron chi connectivity index (χ4n) is 9.04. The SMILES string of the molecule is C=C(C)C(=O)OCC(O)CNc1ccc(NCCN(CCN(CC(=O)[O-])CC(=O)[O-])CC(=O)[O-])cc1.C=C(C)C(=O)OCC1CO1.Nc1ccc(N)cc1.Nc1ccc(NCCN(CCN(CC(=O)[O-])CC(=O)[O-])CC(=O)[O-])cc1.O=C([O-])CN(CCO)CCN(CC(=O)[O-])CC(=O)[O-].O=CCN(CCN(CC(=O)[O-])CC(=O)[O-])CC(=O)[O-].[B].[C-]#N.[Na+].[Na+].[Na+].[Na+].[Na+].[Na+].[Na+].[Na+].[Na+].[Na+].[Na+].[Na+].[Na+]. The maximum absolute atomic E-state index is 11.3. The van der Waals surface area contributed by atoms with Gasteiger partial charge in [0.25, 0.3) is 0 Å². The zero-order chi connectivity index (χ0) is 91.8. The minimum absolute atomic E-state index is 0. The van der Waals surface area contributed by atoms with Gasteiger partial charge >= 0.3 is 396 Å². The molecule has 0 amide bonds. The van der Waals surface area contributed by atoms with Crippen LogP contribution in [0.2, 0.25) is 0 Å². The molecule has 0 aliphatic carbocycles. The third-order valence-electron chi connectivity index (χ3n) is 14.6. The number of nitrogens with one attached hydrogen (secondary N) is 3. The van der Waals surface area contributed by atoms with Crippen LogP contribution in [0.15, 0.2) is 97.1 Å². The van der Waals surface area contributed by atoms with Crippen LogP contribution in [0, 0.1) is 11.8 Å². The molecule has 2 atom stereocenters. The van der Waals surface area contributed by atoms with Crippen LogP contribution < -0.4 is 479 Å². The van der Waals surface area contributed by atoms with Gasteiger partial charge in [0, 0.05) is 224 Å². The molecule has 0 aromatic heterocycles. The number of anilines is 6. The Morgan fingerprint density at radius 2 is 0.604 bits per heavy atom. The standard InChI is InChI=1S/C23H34N4O9.C16H24N4O6.C10H18N2O7.C10H16N2O7.C7H10O3.C6H8N2.CN.B.13Na/c1-16(2)23(35)36-15-19(28)11-25-18-5-3-17(4-6-18)24-7-8-26(12-20(29)30)9-10-27(13-21(31)32)14-22(33)34;17-12-1-3-13(4-2-12)18-5-6-19(9-14(21)22)7-8-20(10-15(23)24)11-16(25)26;2*13-4-3-11(5-8(14)15)1-2-12(6-9(16)17)7-10(18)19;1-5(2)7(8)10-4-6-3-9-6;7-5-1-2-6(8)4-3-5;1-2;;;;;;;;;;;;;;/h3-6,19,24-25,28H,1,7-15H2,2H3,(H,29,30)(H,31,32)(H,33,34);1-4,18H,5-11,17H2,(H,21,22)(H,23,24)(H,25,26);13H,1-7H2,(H,14,15)(H,16,17)(H,18,19);4H,1-3,5-7H2,(H,14,15)(H,16,17)(H,18,19);6H,1,3-4H2,2H3;1-4H,7-8H2;;;;;;;;;;;;;;;/q;;;;;;-1;;13*+1/p-12. The zero-order valence-electron chi connectivity index (χ0n) is 79.5. The predicted molar refractivity (Wildman–Crippen MR) is 401 cm³/mol. The molecule has 0 spiro atoms. The zero-order valence-corrected chi connectivity index (χ0v) is 105. The summed E-state index contributed by atoms with van der Waals surface area (Å²) in [7, 11) is 0. The summed E-state index contributed by atoms with van der Waals surface area (Å²) in [6.07, 6.45) is -0.288. The number of esters is 2. The number of aliphatic hydroxyl groups is 2. The molecule has 134 heavy (non-hydrogen) atoms. The second-order valence-corrected chi connectivity index (χ2v) is 25.2. The van der Waals surface area contributed by atoms with Crippen molar-refractivity contribution < 1.29 is 542 Å². The number of aliphatic hydroxyl groups excluding tert-OH is 2. The Labute approximate surface area is 1070 Å². The minimum atomic E-state index is -1.47. The van der Waals surface area contributed by atoms with Crippen LogP contribution >= 0.6 is 0 Å². The van der Waals surface area contributed by atoms with Gasteiger partial charge in [-0.2, -0.15) is 0 Å². The van der Waals surface area contributed by atoms with E-state index in [1.54, 1.807) is 79.7 Å². The number of carbonyl (C=O) groups is 15. The van der Waals surface area contributed by atoms with Crippen LogP contribution in [0.5, 0.6) is 0 Å². The summed E-state index contributed by atoms with van der Waals surface area (Å²) in [5, 5.41) is 161. The van der Waals surface area contributed by atoms with Crippen molar-refractivity contribution in [3.05, 3.63) is 104 Å². The number of aliphatic carboxylic acids is 12. The van der Waals surface area contributed by atoms with Crippen molar-refractivity contribution in [1.82, 2.24) is 39.2 Å². The van der Waals surface area contributed by atoms with Crippen LogP contribution in [0.1, 0.15) is 13.8 Å². The molecular formula is C73H98BN15Na13O32. The number of rotatable bonds is 57. The first kappa shape index (κ1) is 173. The molecule has 61 heteroatoms. The number of carboxylic acid groups (broad SMARTS) is 12. The Balaban J connectivity index is -0.0000000837. The molecule has 0 bridgehead atoms. The molecule has 1 aliphatic heterocycles. The van der Waals surface area contributed by atoms with E-state index in [1.165, 1.54) is 26.5 Å². The fraction of sp³-hybridized carbons (Fsp3) is 0.479. The number of benzene rings is 3. The van der Waals surface area contributed by atoms with E-state index in [-0.39, 0.29) is 509 Å². The van der Waals surface area contributed by atoms with Gasteiger partial charge in [0.15, 0.2) is 0 Å². The summed E-state index contributed by atoms with van der Waals surface area (Å²) in [4.78, 5) is 169. The summed E-state index contributed by atoms with van der Waals surface area (Å²) in [6.45, 7) is 10.3. The Kier molecular flexibility index (Phi) is 141. The number of nitrogen functional groups attached to an aromatic ring is 3. The molecule has 3 aromatic rings. The third-order valence-corrected chi connectivity index (χ3v) is 14.6. The Bertz CT molecular complexity index is 3660. The van der Waals surface area contributed by atoms with E-state index in [2.05, 4.69) is 29.1 Å². The molecule has 1 aliphatic rings. The molecule has 3 aromatic carbocycles. The normalized spacial score (nSPS) is 10.5. The maximum Gasteiger partial charge on any atom is 1.00 e. The van der Waals surface area contributed by atoms with Gasteiger partial charge in [0.05, 0.1) is 91.4 Å². The second-order valence-electron chi connectivity index (χ2n) is 25.2. The number of aldehydes is 1. The molecule has 673 valence electrons. The van der Waals surface area contributed by atoms with Crippen LogP contribution in [-0.4, -0.2) is 363 Å². The predicted octanol–water partition coefficient (Wildman–Crippen LogP) is -58.6. The molecule has 1 saturated heterocycles. The van der Waals surface area contributed by atoms with E-state index >= 15 is 0 Å². The van der Waals surface area contributed by atoms with Crippen molar-refractivity contribution in [2.45, 2.75) is 26.1 Å². The van der Waals surface area contributed by atoms with Crippen LogP contribution in [-0.2, 0) is 86.1 Å². The second kappa shape index (κ2) is 109. The fourth-order valence-corrected chi connectivity index (χ4v) is 9.04. The van der Waals surface area contributed by atoms with Gasteiger partial charge in [-0.15, -0.1) is 0 Å². The smallest absolute Gasteiger partial charge is 0.549 e. The minimum Gasteiger partial charge on any atom is -0.549 e. The van der Waals surface area contributed by atoms with Crippen molar-refractivity contribution in [1.29, 1.82) is 5.26 Å². The number of hydrogen-bond acceptors (Lipinski definition) is 47. The molecule has 11 N–H and O–H groups in total. The monoisotopic (exact) mass is 2010 g/mol. The summed E-state index contributed by atoms with van der Waals surface area (Å²) in [5.74, 6) is -17.9. The summed E-state index contributed by atoms with van der Waals surface area (Å²) in [6, 6.07) is 21.1. The molecular weight excluding hydrogens is 1910 g/mol. The van der Waals surface area contributed by atoms with Gasteiger partial charge in [0.1, 0.15) is 31.7 Å². The van der Waals surface area contributed by atoms with E-state index < -0.39 is 156 Å². The molecule has 1 heterocycles. The first-order chi connectivity index (χ1) is 56.4. The maximum atomic E-state index is 11.3. The van der Waals surface area contributed by atoms with Gasteiger partial charge in [-0.1, -0.05) is 13.2 Å². The number of epoxide rings is 1. The number of carbonyl (C=O) groups excluding carboxylic acids is 15. The van der Waals surface area contributed by atoms with Crippen LogP contribution in [0.25, 0.3) is 0 Å². The van der Waals surface area contributed by atoms with E-state index in [0.717, 1.165) is 42.3 Å². The first-order valence-electron chi connectivity index (χ1n) is 35.6. The average Bonchev–Trinajstić information content (AvgIpc) is 1.49. The molecule has 47 nitrogen and oxygen atoms in total. The van der Waals surface area contributed by atoms with Gasteiger partial charge in [0.2, 0.25) is 0 Å². The third kappa shape index (κ3) is 113. The van der Waals surface area contributed by atoms with E-state index in [0.29, 0.717) is 56.1 Å². The van der Waals surface area contributed by atoms with Crippen molar-refractivity contribution in [2.24, 2.45) is 0 Å². The molecule has 4 rings (SSSR count). The van der Waals surface area contributed by atoms with Gasteiger partial charge in [-0.3, -0.25) is 39.2 Å². The molecule has 0 saturated carbocycles. The number of nitrogens with two attached hydrogens (primary N) is 3. The summed E-state index contributed by atoms with van der Waals surface area (Å²) < 4.78 is 14.5. The van der Waals surface area contributed by atoms with E-state index in [1.807, 2.05) is 0 Å². The Hall–Kier alpha value is 0.305. The topological polar surface area (TPSA) is 768 Å². The Morgan fingerprint density at radius 1 is 0.396 bits per heavy atom. The first-order valence-corrected chi connectivity index (χ1v) is 35.6. The van der Waals surface area contributed by atoms with Gasteiger partial charge in [-0.05, 0) is 86.6 Å². The average molecular weight is 2010 g/mol. The van der Waals surface area contributed by atoms with Gasteiger partial charge < -0.3 is 193 Å². The molecule has 2 unspecified atom stereocenters. The van der Waals surface area contributed by atoms with Crippen LogP contribution in [0.3, 0.4) is 0 Å². The number of carboxylic acids is 12. The van der Waals surface area contributed by atoms with Gasteiger partial charge in [-0.25, -0.2) is 9.59 Å². The van der Waals surface area contributed by atoms with E-state index in [9.17, 15) is 138 Å². The summed E-state index contributed by atoms with van der Waals surface area (Å²) in [5.41, 5.74) is 21.4. The van der Waals surface area contributed by atoms with E-state index in [4.69, 9.17) is 48.4 Å². The number of nitrogens with zero attached hydrogens (tertiary/aromatic N) is 9. The van der Waals surface area contributed by atoms with Crippen molar-refractivity contribution >= 4 is 132 Å². The van der Waals surface area contributed by atoms with Crippen molar-refractivity contribution in [2.75, 3.05) is 236 Å². The Morgan fingerprint density at radius 3 is 0.843 bits per heavy atom. The molecule has 1 fully saturated rings. The molecule has 3 radical (unpaired) electrons. The van der Waals surface area contributed by atoms with Crippen LogP contribution in [0.4, 0.5) is 34.1 Å². The van der Waals surface area contributed by atoms with Crippen molar-refractivity contribution in [3.8, 4) is 0 Å². The summed E-state index contributed by atoms with van der Waals surface area (Å²) >= 11 is 0. The number of ether oxygens (including phenoxy) is 3. The quantitative estimate of drug-likeness (QED) is 0.00495.